The quantitative estimate of drug-likeness (QED) is 0.912. The van der Waals surface area contributed by atoms with Gasteiger partial charge in [0.05, 0.1) is 21.5 Å². The fourth-order valence-corrected chi connectivity index (χ4v) is 2.83. The van der Waals surface area contributed by atoms with Crippen molar-refractivity contribution < 1.29 is 9.59 Å². The minimum atomic E-state index is -0.369. The average molecular weight is 315 g/mol. The fourth-order valence-electron chi connectivity index (χ4n) is 2.45. The number of hydrogen-bond donors (Lipinski definition) is 1. The first-order chi connectivity index (χ1) is 9.41. The van der Waals surface area contributed by atoms with Crippen molar-refractivity contribution in [1.82, 2.24) is 4.90 Å². The first-order valence-corrected chi connectivity index (χ1v) is 7.21. The smallest absolute Gasteiger partial charge is 0.255 e. The molecule has 2 N–H and O–H groups in total. The lowest BCUT2D eigenvalue weighted by Gasteiger charge is -2.37. The van der Waals surface area contributed by atoms with Gasteiger partial charge < -0.3 is 10.6 Å². The minimum absolute atomic E-state index is 0.0492. The van der Waals surface area contributed by atoms with Crippen LogP contribution in [0.15, 0.2) is 18.2 Å². The van der Waals surface area contributed by atoms with Gasteiger partial charge in [-0.05, 0) is 31.9 Å². The zero-order valence-corrected chi connectivity index (χ0v) is 12.6. The van der Waals surface area contributed by atoms with Gasteiger partial charge in [-0.1, -0.05) is 29.3 Å². The highest BCUT2D eigenvalue weighted by Gasteiger charge is 2.32. The van der Waals surface area contributed by atoms with Gasteiger partial charge in [-0.25, -0.2) is 0 Å². The Balaban J connectivity index is 2.26. The molecule has 4 nitrogen and oxygen atoms in total. The molecule has 0 spiro atoms. The molecule has 1 aliphatic rings. The van der Waals surface area contributed by atoms with Gasteiger partial charge >= 0.3 is 0 Å². The summed E-state index contributed by atoms with van der Waals surface area (Å²) >= 11 is 12.0. The molecule has 1 aliphatic heterocycles. The Hall–Kier alpha value is -1.26. The van der Waals surface area contributed by atoms with E-state index in [9.17, 15) is 9.59 Å². The van der Waals surface area contributed by atoms with Gasteiger partial charge in [0, 0.05) is 12.6 Å². The van der Waals surface area contributed by atoms with Crippen LogP contribution in [0.3, 0.4) is 0 Å². The summed E-state index contributed by atoms with van der Waals surface area (Å²) in [6.07, 6.45) is 1.46. The third kappa shape index (κ3) is 2.91. The van der Waals surface area contributed by atoms with Gasteiger partial charge in [0.25, 0.3) is 5.91 Å². The zero-order valence-electron chi connectivity index (χ0n) is 11.1. The van der Waals surface area contributed by atoms with Crippen molar-refractivity contribution >= 4 is 35.0 Å². The Morgan fingerprint density at radius 2 is 2.00 bits per heavy atom. The number of primary amides is 1. The molecule has 1 aromatic rings. The number of carbonyl (C=O) groups excluding carboxylic acids is 2. The molecule has 0 aromatic heterocycles. The number of amides is 2. The van der Waals surface area contributed by atoms with Crippen LogP contribution in [0.1, 0.15) is 30.1 Å². The lowest BCUT2D eigenvalue weighted by Crippen LogP contribution is -2.48. The molecule has 1 saturated heterocycles. The maximum absolute atomic E-state index is 12.6. The third-order valence-corrected chi connectivity index (χ3v) is 4.55. The van der Waals surface area contributed by atoms with Gasteiger partial charge in [0.2, 0.25) is 5.91 Å². The molecule has 0 aliphatic carbocycles. The molecule has 6 heteroatoms. The Bertz CT molecular complexity index is 548. The predicted molar refractivity (Wildman–Crippen MR) is 78.9 cm³/mol. The number of rotatable bonds is 2. The largest absolute Gasteiger partial charge is 0.369 e. The standard InChI is InChI=1S/C14H16Cl2N2O2/c1-8-5-6-9(13(17)19)7-18(8)14(20)10-3-2-4-11(15)12(10)16/h2-4,8-9H,5-7H2,1H3,(H2,17,19). The van der Waals surface area contributed by atoms with Crippen molar-refractivity contribution in [2.24, 2.45) is 11.7 Å². The Labute approximate surface area is 127 Å². The van der Waals surface area contributed by atoms with Gasteiger partial charge in [-0.15, -0.1) is 0 Å². The molecule has 1 aromatic carbocycles. The molecule has 108 valence electrons. The second-order valence-electron chi connectivity index (χ2n) is 5.08. The lowest BCUT2D eigenvalue weighted by molar-refractivity contribution is -0.123. The highest BCUT2D eigenvalue weighted by Crippen LogP contribution is 2.29. The van der Waals surface area contributed by atoms with Crippen LogP contribution in [0.2, 0.25) is 10.0 Å². The van der Waals surface area contributed by atoms with E-state index in [-0.39, 0.29) is 28.8 Å². The summed E-state index contributed by atoms with van der Waals surface area (Å²) < 4.78 is 0. The average Bonchev–Trinajstić information content (AvgIpc) is 2.41. The number of likely N-dealkylation sites (tertiary alicyclic amines) is 1. The first kappa shape index (κ1) is 15.1. The third-order valence-electron chi connectivity index (χ3n) is 3.73. The summed E-state index contributed by atoms with van der Waals surface area (Å²) in [5.74, 6) is -0.879. The van der Waals surface area contributed by atoms with E-state index >= 15 is 0 Å². The van der Waals surface area contributed by atoms with Crippen LogP contribution in [0, 0.1) is 5.92 Å². The van der Waals surface area contributed by atoms with Crippen LogP contribution in [0.4, 0.5) is 0 Å². The number of nitrogens with zero attached hydrogens (tertiary/aromatic N) is 1. The number of piperidine rings is 1. The summed E-state index contributed by atoms with van der Waals surface area (Å²) in [5, 5.41) is 0.584. The van der Waals surface area contributed by atoms with E-state index in [2.05, 4.69) is 0 Å². The minimum Gasteiger partial charge on any atom is -0.369 e. The molecule has 1 heterocycles. The second-order valence-corrected chi connectivity index (χ2v) is 5.87. The molecule has 2 rings (SSSR count). The summed E-state index contributed by atoms with van der Waals surface area (Å²) in [6, 6.07) is 5.00. The van der Waals surface area contributed by atoms with Crippen molar-refractivity contribution in [3.8, 4) is 0 Å². The van der Waals surface area contributed by atoms with Crippen LogP contribution >= 0.6 is 23.2 Å². The van der Waals surface area contributed by atoms with E-state index in [1.54, 1.807) is 23.1 Å². The molecular weight excluding hydrogens is 299 g/mol. The number of hydrogen-bond acceptors (Lipinski definition) is 2. The van der Waals surface area contributed by atoms with Crippen molar-refractivity contribution in [3.63, 3.8) is 0 Å². The monoisotopic (exact) mass is 314 g/mol. The SMILES string of the molecule is CC1CCC(C(N)=O)CN1C(=O)c1cccc(Cl)c1Cl. The molecule has 2 unspecified atom stereocenters. The second kappa shape index (κ2) is 6.02. The Kier molecular flexibility index (Phi) is 4.55. The summed E-state index contributed by atoms with van der Waals surface area (Å²) in [5.41, 5.74) is 5.70. The molecule has 2 amide bonds. The van der Waals surface area contributed by atoms with Gasteiger partial charge in [-0.2, -0.15) is 0 Å². The van der Waals surface area contributed by atoms with Crippen LogP contribution in [-0.2, 0) is 4.79 Å². The van der Waals surface area contributed by atoms with E-state index < -0.39 is 0 Å². The summed E-state index contributed by atoms with van der Waals surface area (Å²) in [4.78, 5) is 25.6. The molecule has 1 fully saturated rings. The first-order valence-electron chi connectivity index (χ1n) is 6.46. The summed E-state index contributed by atoms with van der Waals surface area (Å²) in [6.45, 7) is 2.28. The molecule has 0 bridgehead atoms. The molecule has 20 heavy (non-hydrogen) atoms. The molecule has 0 radical (unpaired) electrons. The van der Waals surface area contributed by atoms with Crippen LogP contribution in [0.25, 0.3) is 0 Å². The van der Waals surface area contributed by atoms with E-state index in [4.69, 9.17) is 28.9 Å². The zero-order chi connectivity index (χ0) is 14.9. The van der Waals surface area contributed by atoms with Crippen molar-refractivity contribution in [2.75, 3.05) is 6.54 Å². The van der Waals surface area contributed by atoms with Gasteiger partial charge in [-0.3, -0.25) is 9.59 Å². The molecule has 2 atom stereocenters. The number of nitrogens with two attached hydrogens (primary N) is 1. The van der Waals surface area contributed by atoms with E-state index in [1.807, 2.05) is 6.92 Å². The van der Waals surface area contributed by atoms with Gasteiger partial charge in [0.1, 0.15) is 0 Å². The topological polar surface area (TPSA) is 63.4 Å². The maximum Gasteiger partial charge on any atom is 0.255 e. The maximum atomic E-state index is 12.6. The molecule has 0 saturated carbocycles. The predicted octanol–water partition coefficient (Wildman–Crippen LogP) is 2.72. The Morgan fingerprint density at radius 1 is 1.30 bits per heavy atom. The van der Waals surface area contributed by atoms with Crippen molar-refractivity contribution in [3.05, 3.63) is 33.8 Å². The lowest BCUT2D eigenvalue weighted by atomic mass is 9.92. The highest BCUT2D eigenvalue weighted by atomic mass is 35.5. The van der Waals surface area contributed by atoms with E-state index in [1.165, 1.54) is 0 Å². The van der Waals surface area contributed by atoms with E-state index in [0.29, 0.717) is 23.6 Å². The Morgan fingerprint density at radius 3 is 2.65 bits per heavy atom. The molecular formula is C14H16Cl2N2O2. The van der Waals surface area contributed by atoms with Crippen molar-refractivity contribution in [2.45, 2.75) is 25.8 Å². The number of benzene rings is 1. The van der Waals surface area contributed by atoms with Crippen molar-refractivity contribution in [1.29, 1.82) is 0 Å². The van der Waals surface area contributed by atoms with Crippen LogP contribution < -0.4 is 5.73 Å². The fraction of sp³-hybridized carbons (Fsp3) is 0.429. The number of halogens is 2. The highest BCUT2D eigenvalue weighted by molar-refractivity contribution is 6.43. The van der Waals surface area contributed by atoms with E-state index in [0.717, 1.165) is 6.42 Å². The summed E-state index contributed by atoms with van der Waals surface area (Å²) in [7, 11) is 0. The van der Waals surface area contributed by atoms with Crippen LogP contribution in [-0.4, -0.2) is 29.3 Å². The normalized spacial score (nSPS) is 22.6. The van der Waals surface area contributed by atoms with Gasteiger partial charge in [0.15, 0.2) is 0 Å². The number of carbonyl (C=O) groups is 2. The van der Waals surface area contributed by atoms with Crippen LogP contribution in [0.5, 0.6) is 0 Å².